The Morgan fingerprint density at radius 1 is 1.21 bits per heavy atom. The number of benzene rings is 1. The zero-order valence-corrected chi connectivity index (χ0v) is 16.9. The lowest BCUT2D eigenvalue weighted by Gasteiger charge is -2.04. The largest absolute Gasteiger partial charge is 0.491 e. The van der Waals surface area contributed by atoms with E-state index < -0.39 is 5.97 Å². The summed E-state index contributed by atoms with van der Waals surface area (Å²) >= 11 is 1.65. The van der Waals surface area contributed by atoms with Crippen LogP contribution in [0.3, 0.4) is 0 Å². The van der Waals surface area contributed by atoms with Crippen molar-refractivity contribution in [1.29, 1.82) is 0 Å². The van der Waals surface area contributed by atoms with Crippen LogP contribution in [-0.4, -0.2) is 47.1 Å². The first-order chi connectivity index (χ1) is 13.5. The van der Waals surface area contributed by atoms with Gasteiger partial charge in [0.05, 0.1) is 34.8 Å². The number of ether oxygens (including phenoxy) is 2. The third-order valence-corrected chi connectivity index (χ3v) is 4.47. The molecule has 0 amide bonds. The van der Waals surface area contributed by atoms with Crippen molar-refractivity contribution in [2.45, 2.75) is 20.4 Å². The lowest BCUT2D eigenvalue weighted by atomic mass is 10.2. The van der Waals surface area contributed by atoms with Gasteiger partial charge in [-0.3, -0.25) is 14.8 Å². The fraction of sp³-hybridized carbons (Fsp3) is 0.300. The number of methoxy groups -OCH3 is 1. The SMILES string of the molecule is CC(=O)O.COCCOc1ccc2sc(CN=C(C)c3ccccn3)nc2c1. The van der Waals surface area contributed by atoms with E-state index >= 15 is 0 Å². The van der Waals surface area contributed by atoms with Crippen molar-refractivity contribution in [3.8, 4) is 5.75 Å². The van der Waals surface area contributed by atoms with Crippen LogP contribution in [0.25, 0.3) is 10.2 Å². The standard InChI is InChI=1S/C18H19N3O2S.C2H4O2/c1-13(15-5-3-4-8-19-15)20-12-18-21-16-11-14(23-10-9-22-2)6-7-17(16)24-18;1-2(3)4/h3-8,11H,9-10,12H2,1-2H3;1H3,(H,3,4). The molecule has 0 aliphatic carbocycles. The van der Waals surface area contributed by atoms with Crippen molar-refractivity contribution in [1.82, 2.24) is 9.97 Å². The van der Waals surface area contributed by atoms with E-state index in [1.165, 1.54) is 0 Å². The van der Waals surface area contributed by atoms with Crippen molar-refractivity contribution in [3.63, 3.8) is 0 Å². The zero-order valence-electron chi connectivity index (χ0n) is 16.1. The van der Waals surface area contributed by atoms with Crippen molar-refractivity contribution >= 4 is 33.2 Å². The number of carboxylic acids is 1. The fourth-order valence-corrected chi connectivity index (χ4v) is 3.07. The molecule has 28 heavy (non-hydrogen) atoms. The molecule has 8 heteroatoms. The van der Waals surface area contributed by atoms with Crippen LogP contribution in [0.1, 0.15) is 24.5 Å². The highest BCUT2D eigenvalue weighted by Crippen LogP contribution is 2.26. The fourth-order valence-electron chi connectivity index (χ4n) is 2.20. The number of fused-ring (bicyclic) bond motifs is 1. The highest BCUT2D eigenvalue weighted by atomic mass is 32.1. The Kier molecular flexibility index (Phi) is 8.51. The van der Waals surface area contributed by atoms with Gasteiger partial charge >= 0.3 is 0 Å². The van der Waals surface area contributed by atoms with E-state index in [0.29, 0.717) is 19.8 Å². The van der Waals surface area contributed by atoms with Gasteiger partial charge in [0, 0.05) is 26.3 Å². The molecule has 0 saturated carbocycles. The lowest BCUT2D eigenvalue weighted by molar-refractivity contribution is -0.134. The third-order valence-electron chi connectivity index (χ3n) is 3.45. The molecule has 0 aliphatic heterocycles. The van der Waals surface area contributed by atoms with Gasteiger partial charge in [-0.05, 0) is 31.2 Å². The molecule has 0 unspecified atom stereocenters. The van der Waals surface area contributed by atoms with Gasteiger partial charge in [-0.15, -0.1) is 11.3 Å². The maximum Gasteiger partial charge on any atom is 0.300 e. The quantitative estimate of drug-likeness (QED) is 0.478. The number of thiazole rings is 1. The topological polar surface area (TPSA) is 93.9 Å². The van der Waals surface area contributed by atoms with Gasteiger partial charge < -0.3 is 14.6 Å². The second kappa shape index (κ2) is 11.1. The highest BCUT2D eigenvalue weighted by molar-refractivity contribution is 7.18. The van der Waals surface area contributed by atoms with Crippen LogP contribution < -0.4 is 4.74 Å². The summed E-state index contributed by atoms with van der Waals surface area (Å²) in [5.74, 6) is -0.0235. The van der Waals surface area contributed by atoms with Crippen LogP contribution in [0.2, 0.25) is 0 Å². The average molecular weight is 401 g/mol. The van der Waals surface area contributed by atoms with Crippen LogP contribution in [-0.2, 0) is 16.1 Å². The minimum atomic E-state index is -0.833. The molecule has 0 fully saturated rings. The molecule has 1 aromatic carbocycles. The van der Waals surface area contributed by atoms with Crippen molar-refractivity contribution in [3.05, 3.63) is 53.3 Å². The number of nitrogens with zero attached hydrogens (tertiary/aromatic N) is 3. The normalized spacial score (nSPS) is 11.0. The van der Waals surface area contributed by atoms with Gasteiger partial charge in [-0.1, -0.05) is 6.07 Å². The number of rotatable bonds is 7. The van der Waals surface area contributed by atoms with Crippen LogP contribution in [0.4, 0.5) is 0 Å². The Balaban J connectivity index is 0.000000640. The van der Waals surface area contributed by atoms with E-state index in [-0.39, 0.29) is 0 Å². The Morgan fingerprint density at radius 3 is 2.68 bits per heavy atom. The summed E-state index contributed by atoms with van der Waals surface area (Å²) in [6.45, 7) is 4.72. The van der Waals surface area contributed by atoms with E-state index in [4.69, 9.17) is 19.4 Å². The Morgan fingerprint density at radius 2 is 2.00 bits per heavy atom. The van der Waals surface area contributed by atoms with Crippen molar-refractivity contribution < 1.29 is 19.4 Å². The molecule has 0 saturated heterocycles. The summed E-state index contributed by atoms with van der Waals surface area (Å²) in [4.78, 5) is 22.6. The molecule has 0 aliphatic rings. The van der Waals surface area contributed by atoms with E-state index in [1.807, 2.05) is 43.3 Å². The number of aliphatic carboxylic acids is 1. The molecule has 0 radical (unpaired) electrons. The maximum absolute atomic E-state index is 9.00. The van der Waals surface area contributed by atoms with Crippen LogP contribution in [0.5, 0.6) is 5.75 Å². The number of carboxylic acid groups (broad SMARTS) is 1. The van der Waals surface area contributed by atoms with Gasteiger partial charge in [0.2, 0.25) is 0 Å². The average Bonchev–Trinajstić information content (AvgIpc) is 3.09. The maximum atomic E-state index is 9.00. The lowest BCUT2D eigenvalue weighted by Crippen LogP contribution is -2.03. The van der Waals surface area contributed by atoms with Gasteiger partial charge in [-0.2, -0.15) is 0 Å². The number of aliphatic imine (C=N–C) groups is 1. The number of hydrogen-bond donors (Lipinski definition) is 1. The monoisotopic (exact) mass is 401 g/mol. The van der Waals surface area contributed by atoms with Gasteiger partial charge in [0.25, 0.3) is 5.97 Å². The second-order valence-electron chi connectivity index (χ2n) is 5.71. The third kappa shape index (κ3) is 7.05. The van der Waals surface area contributed by atoms with Crippen LogP contribution >= 0.6 is 11.3 Å². The predicted molar refractivity (Wildman–Crippen MR) is 110 cm³/mol. The summed E-state index contributed by atoms with van der Waals surface area (Å²) in [6.07, 6.45) is 1.77. The molecule has 0 atom stereocenters. The van der Waals surface area contributed by atoms with Crippen molar-refractivity contribution in [2.75, 3.05) is 20.3 Å². The minimum absolute atomic E-state index is 0.534. The minimum Gasteiger partial charge on any atom is -0.491 e. The molecule has 2 heterocycles. The van der Waals surface area contributed by atoms with Gasteiger partial charge in [0.15, 0.2) is 0 Å². The first-order valence-electron chi connectivity index (χ1n) is 8.62. The van der Waals surface area contributed by atoms with Gasteiger partial charge in [-0.25, -0.2) is 4.98 Å². The molecular weight excluding hydrogens is 378 g/mol. The summed E-state index contributed by atoms with van der Waals surface area (Å²) in [5, 5.41) is 8.40. The van der Waals surface area contributed by atoms with E-state index in [2.05, 4.69) is 15.0 Å². The molecule has 3 rings (SSSR count). The molecule has 0 spiro atoms. The Bertz CT molecular complexity index is 922. The molecule has 3 aromatic rings. The summed E-state index contributed by atoms with van der Waals surface area (Å²) in [6, 6.07) is 11.8. The number of carbonyl (C=O) groups is 1. The van der Waals surface area contributed by atoms with E-state index in [9.17, 15) is 0 Å². The number of pyridine rings is 1. The molecule has 0 bridgehead atoms. The Labute approximate surface area is 167 Å². The first-order valence-corrected chi connectivity index (χ1v) is 9.44. The number of hydrogen-bond acceptors (Lipinski definition) is 7. The van der Waals surface area contributed by atoms with Crippen LogP contribution in [0.15, 0.2) is 47.6 Å². The molecule has 7 nitrogen and oxygen atoms in total. The van der Waals surface area contributed by atoms with Crippen LogP contribution in [0, 0.1) is 0 Å². The summed E-state index contributed by atoms with van der Waals surface area (Å²) in [5.41, 5.74) is 2.75. The van der Waals surface area contributed by atoms with Crippen molar-refractivity contribution in [2.24, 2.45) is 4.99 Å². The molecule has 1 N–H and O–H groups in total. The summed E-state index contributed by atoms with van der Waals surface area (Å²) in [7, 11) is 1.66. The smallest absolute Gasteiger partial charge is 0.300 e. The molecule has 2 aromatic heterocycles. The highest BCUT2D eigenvalue weighted by Gasteiger charge is 2.06. The second-order valence-corrected chi connectivity index (χ2v) is 6.83. The number of aromatic nitrogens is 2. The zero-order chi connectivity index (χ0) is 20.4. The molecular formula is C20H23N3O4S. The predicted octanol–water partition coefficient (Wildman–Crippen LogP) is 3.82. The summed E-state index contributed by atoms with van der Waals surface area (Å²) < 4.78 is 11.7. The molecule has 148 valence electrons. The van der Waals surface area contributed by atoms with E-state index in [0.717, 1.165) is 39.3 Å². The van der Waals surface area contributed by atoms with E-state index in [1.54, 1.807) is 24.6 Å². The Hall–Kier alpha value is -2.84. The van der Waals surface area contributed by atoms with Gasteiger partial charge in [0.1, 0.15) is 17.4 Å². The first kappa shape index (κ1) is 21.5.